The second-order valence-electron chi connectivity index (χ2n) is 3.12. The molecule has 0 amide bonds. The number of ether oxygens (including phenoxy) is 2. The van der Waals surface area contributed by atoms with E-state index in [4.69, 9.17) is 9.47 Å². The van der Waals surface area contributed by atoms with Gasteiger partial charge in [0.05, 0.1) is 20.3 Å². The molecule has 1 aromatic rings. The highest BCUT2D eigenvalue weighted by atomic mass is 79.9. The van der Waals surface area contributed by atoms with Crippen LogP contribution in [-0.2, 0) is 4.74 Å². The lowest BCUT2D eigenvalue weighted by Gasteiger charge is -2.27. The number of rotatable bonds is 2. The molecule has 1 aliphatic heterocycles. The van der Waals surface area contributed by atoms with E-state index in [-0.39, 0.29) is 0 Å². The van der Waals surface area contributed by atoms with Crippen LogP contribution in [0.15, 0.2) is 22.7 Å². The predicted molar refractivity (Wildman–Crippen MR) is 54.3 cm³/mol. The third-order valence-corrected chi connectivity index (χ3v) is 2.97. The smallest absolute Gasteiger partial charge is 0.120 e. The van der Waals surface area contributed by atoms with E-state index in [9.17, 15) is 0 Å². The van der Waals surface area contributed by atoms with Crippen LogP contribution >= 0.6 is 15.9 Å². The summed E-state index contributed by atoms with van der Waals surface area (Å²) < 4.78 is 11.4. The summed E-state index contributed by atoms with van der Waals surface area (Å²) in [6.07, 6.45) is 0. The highest BCUT2D eigenvalue weighted by molar-refractivity contribution is 9.10. The zero-order valence-electron chi connectivity index (χ0n) is 7.42. The van der Waals surface area contributed by atoms with Gasteiger partial charge in [0, 0.05) is 10.4 Å². The van der Waals surface area contributed by atoms with E-state index in [0.29, 0.717) is 5.92 Å². The Morgan fingerprint density at radius 1 is 1.46 bits per heavy atom. The molecule has 3 heteroatoms. The fourth-order valence-electron chi connectivity index (χ4n) is 1.38. The molecule has 13 heavy (non-hydrogen) atoms. The Kier molecular flexibility index (Phi) is 2.56. The summed E-state index contributed by atoms with van der Waals surface area (Å²) in [5, 5.41) is 0. The highest BCUT2D eigenvalue weighted by Gasteiger charge is 2.22. The van der Waals surface area contributed by atoms with Crippen LogP contribution in [0.3, 0.4) is 0 Å². The molecule has 0 spiro atoms. The van der Waals surface area contributed by atoms with Gasteiger partial charge in [0.1, 0.15) is 5.75 Å². The van der Waals surface area contributed by atoms with E-state index in [1.165, 1.54) is 5.56 Å². The van der Waals surface area contributed by atoms with Crippen molar-refractivity contribution in [3.05, 3.63) is 28.2 Å². The molecular weight excluding hydrogens is 232 g/mol. The molecule has 1 saturated heterocycles. The molecule has 1 heterocycles. The summed E-state index contributed by atoms with van der Waals surface area (Å²) in [6.45, 7) is 1.68. The molecule has 0 aromatic heterocycles. The van der Waals surface area contributed by atoms with Crippen molar-refractivity contribution in [2.75, 3.05) is 20.3 Å². The van der Waals surface area contributed by atoms with Gasteiger partial charge in [-0.2, -0.15) is 0 Å². The predicted octanol–water partition coefficient (Wildman–Crippen LogP) is 2.57. The van der Waals surface area contributed by atoms with E-state index in [2.05, 4.69) is 22.0 Å². The van der Waals surface area contributed by atoms with Crippen LogP contribution < -0.4 is 4.74 Å². The molecule has 0 atom stereocenters. The van der Waals surface area contributed by atoms with Crippen molar-refractivity contribution in [3.63, 3.8) is 0 Å². The molecule has 0 bridgehead atoms. The van der Waals surface area contributed by atoms with Crippen molar-refractivity contribution in [3.8, 4) is 5.75 Å². The summed E-state index contributed by atoms with van der Waals surface area (Å²) in [6, 6.07) is 6.07. The van der Waals surface area contributed by atoms with Gasteiger partial charge < -0.3 is 9.47 Å². The lowest BCUT2D eigenvalue weighted by atomic mass is 9.98. The SMILES string of the molecule is COc1ccc(C2COC2)c(Br)c1. The highest BCUT2D eigenvalue weighted by Crippen LogP contribution is 2.32. The monoisotopic (exact) mass is 242 g/mol. The minimum absolute atomic E-state index is 0.556. The Morgan fingerprint density at radius 2 is 2.23 bits per heavy atom. The maximum absolute atomic E-state index is 5.15. The Bertz CT molecular complexity index is 308. The average molecular weight is 243 g/mol. The third kappa shape index (κ3) is 1.71. The average Bonchev–Trinajstić information content (AvgIpc) is 2.05. The van der Waals surface area contributed by atoms with Gasteiger partial charge in [-0.05, 0) is 17.7 Å². The van der Waals surface area contributed by atoms with Gasteiger partial charge in [0.2, 0.25) is 0 Å². The number of hydrogen-bond acceptors (Lipinski definition) is 2. The van der Waals surface area contributed by atoms with Gasteiger partial charge >= 0.3 is 0 Å². The first-order valence-electron chi connectivity index (χ1n) is 4.22. The Morgan fingerprint density at radius 3 is 2.69 bits per heavy atom. The first-order valence-corrected chi connectivity index (χ1v) is 5.01. The Hall–Kier alpha value is -0.540. The molecule has 0 N–H and O–H groups in total. The second-order valence-corrected chi connectivity index (χ2v) is 3.98. The van der Waals surface area contributed by atoms with Crippen molar-refractivity contribution in [1.82, 2.24) is 0 Å². The Labute approximate surface area is 86.0 Å². The van der Waals surface area contributed by atoms with Gasteiger partial charge in [-0.3, -0.25) is 0 Å². The lowest BCUT2D eigenvalue weighted by molar-refractivity contribution is 0.00812. The van der Waals surface area contributed by atoms with Crippen LogP contribution in [-0.4, -0.2) is 20.3 Å². The molecule has 1 aromatic carbocycles. The van der Waals surface area contributed by atoms with Gasteiger partial charge in [0.25, 0.3) is 0 Å². The number of hydrogen-bond donors (Lipinski definition) is 0. The quantitative estimate of drug-likeness (QED) is 0.794. The van der Waals surface area contributed by atoms with Crippen LogP contribution in [0.1, 0.15) is 11.5 Å². The zero-order valence-corrected chi connectivity index (χ0v) is 9.00. The molecule has 0 unspecified atom stereocenters. The number of methoxy groups -OCH3 is 1. The van der Waals surface area contributed by atoms with Crippen LogP contribution in [0, 0.1) is 0 Å². The number of halogens is 1. The van der Waals surface area contributed by atoms with E-state index >= 15 is 0 Å². The van der Waals surface area contributed by atoms with E-state index < -0.39 is 0 Å². The maximum atomic E-state index is 5.15. The summed E-state index contributed by atoms with van der Waals surface area (Å²) in [7, 11) is 1.67. The molecule has 70 valence electrons. The van der Waals surface area contributed by atoms with Crippen LogP contribution in [0.5, 0.6) is 5.75 Å². The minimum Gasteiger partial charge on any atom is -0.497 e. The molecule has 0 saturated carbocycles. The van der Waals surface area contributed by atoms with Crippen molar-refractivity contribution in [2.45, 2.75) is 5.92 Å². The number of benzene rings is 1. The lowest BCUT2D eigenvalue weighted by Crippen LogP contribution is -2.25. The summed E-state index contributed by atoms with van der Waals surface area (Å²) in [5.41, 5.74) is 1.31. The minimum atomic E-state index is 0.556. The van der Waals surface area contributed by atoms with Gasteiger partial charge in [0.15, 0.2) is 0 Å². The second kappa shape index (κ2) is 3.68. The Balaban J connectivity index is 2.26. The van der Waals surface area contributed by atoms with Crippen molar-refractivity contribution < 1.29 is 9.47 Å². The van der Waals surface area contributed by atoms with Crippen molar-refractivity contribution >= 4 is 15.9 Å². The fourth-order valence-corrected chi connectivity index (χ4v) is 2.06. The van der Waals surface area contributed by atoms with E-state index in [1.54, 1.807) is 7.11 Å². The first kappa shape index (κ1) is 9.03. The summed E-state index contributed by atoms with van der Waals surface area (Å²) in [5.74, 6) is 1.44. The summed E-state index contributed by atoms with van der Waals surface area (Å²) >= 11 is 3.53. The van der Waals surface area contributed by atoms with Crippen LogP contribution in [0.2, 0.25) is 0 Å². The summed E-state index contributed by atoms with van der Waals surface area (Å²) in [4.78, 5) is 0. The van der Waals surface area contributed by atoms with Crippen LogP contribution in [0.4, 0.5) is 0 Å². The molecule has 1 aliphatic rings. The maximum Gasteiger partial charge on any atom is 0.120 e. The fraction of sp³-hybridized carbons (Fsp3) is 0.400. The molecule has 0 radical (unpaired) electrons. The van der Waals surface area contributed by atoms with E-state index in [1.807, 2.05) is 12.1 Å². The zero-order chi connectivity index (χ0) is 9.26. The van der Waals surface area contributed by atoms with E-state index in [0.717, 1.165) is 23.4 Å². The standard InChI is InChI=1S/C10H11BrO2/c1-12-8-2-3-9(10(11)4-8)7-5-13-6-7/h2-4,7H,5-6H2,1H3. The topological polar surface area (TPSA) is 18.5 Å². The van der Waals surface area contributed by atoms with Gasteiger partial charge in [-0.25, -0.2) is 0 Å². The molecule has 2 rings (SSSR count). The molecular formula is C10H11BrO2. The third-order valence-electron chi connectivity index (χ3n) is 2.29. The largest absolute Gasteiger partial charge is 0.497 e. The molecule has 1 fully saturated rings. The normalized spacial score (nSPS) is 16.8. The molecule has 0 aliphatic carbocycles. The van der Waals surface area contributed by atoms with Crippen molar-refractivity contribution in [1.29, 1.82) is 0 Å². The van der Waals surface area contributed by atoms with Gasteiger partial charge in [-0.15, -0.1) is 0 Å². The van der Waals surface area contributed by atoms with Gasteiger partial charge in [-0.1, -0.05) is 22.0 Å². The first-order chi connectivity index (χ1) is 6.31. The van der Waals surface area contributed by atoms with Crippen LogP contribution in [0.25, 0.3) is 0 Å². The van der Waals surface area contributed by atoms with Crippen molar-refractivity contribution in [2.24, 2.45) is 0 Å². The molecule has 2 nitrogen and oxygen atoms in total.